The van der Waals surface area contributed by atoms with Crippen LogP contribution in [0.5, 0.6) is 0 Å². The van der Waals surface area contributed by atoms with Gasteiger partial charge in [0, 0.05) is 6.54 Å². The van der Waals surface area contributed by atoms with Gasteiger partial charge in [-0.25, -0.2) is 0 Å². The second kappa shape index (κ2) is 4.04. The molecule has 3 nitrogen and oxygen atoms in total. The highest BCUT2D eigenvalue weighted by atomic mass is 16.5. The number of ether oxygens (including phenoxy) is 1. The number of hydrogen-bond acceptors (Lipinski definition) is 3. The van der Waals surface area contributed by atoms with Crippen molar-refractivity contribution < 1.29 is 9.84 Å². The maximum atomic E-state index is 9.02. The average Bonchev–Trinajstić information content (AvgIpc) is 1.95. The molecular formula is C8H17NO2. The van der Waals surface area contributed by atoms with Gasteiger partial charge in [0.2, 0.25) is 0 Å². The van der Waals surface area contributed by atoms with Crippen LogP contribution < -0.4 is 5.32 Å². The molecular weight excluding hydrogens is 142 g/mol. The Hall–Kier alpha value is -0.120. The van der Waals surface area contributed by atoms with Gasteiger partial charge in [-0.1, -0.05) is 6.92 Å². The van der Waals surface area contributed by atoms with Crippen LogP contribution >= 0.6 is 0 Å². The van der Waals surface area contributed by atoms with Crippen molar-refractivity contribution in [2.75, 3.05) is 32.9 Å². The number of hydrogen-bond donors (Lipinski definition) is 2. The molecule has 0 bridgehead atoms. The molecule has 1 saturated heterocycles. The third kappa shape index (κ3) is 2.15. The van der Waals surface area contributed by atoms with Gasteiger partial charge in [-0.05, 0) is 13.0 Å². The van der Waals surface area contributed by atoms with E-state index in [9.17, 15) is 0 Å². The molecule has 1 heterocycles. The van der Waals surface area contributed by atoms with Crippen molar-refractivity contribution in [3.05, 3.63) is 0 Å². The second-order valence-corrected chi connectivity index (χ2v) is 3.33. The first-order valence-electron chi connectivity index (χ1n) is 4.22. The van der Waals surface area contributed by atoms with Crippen LogP contribution in [0.3, 0.4) is 0 Å². The molecule has 2 N–H and O–H groups in total. The minimum Gasteiger partial charge on any atom is -0.396 e. The minimum atomic E-state index is 0.0369. The summed E-state index contributed by atoms with van der Waals surface area (Å²) in [6.07, 6.45) is 1.14. The lowest BCUT2D eigenvalue weighted by Crippen LogP contribution is -2.52. The second-order valence-electron chi connectivity index (χ2n) is 3.33. The van der Waals surface area contributed by atoms with Crippen molar-refractivity contribution in [3.63, 3.8) is 0 Å². The Labute approximate surface area is 67.7 Å². The predicted molar refractivity (Wildman–Crippen MR) is 43.5 cm³/mol. The molecule has 0 radical (unpaired) electrons. The maximum Gasteiger partial charge on any atom is 0.0579 e. The molecule has 1 aliphatic rings. The summed E-state index contributed by atoms with van der Waals surface area (Å²) in [7, 11) is 0. The summed E-state index contributed by atoms with van der Waals surface area (Å²) < 4.78 is 5.06. The van der Waals surface area contributed by atoms with E-state index < -0.39 is 0 Å². The molecule has 66 valence electrons. The van der Waals surface area contributed by atoms with E-state index in [4.69, 9.17) is 9.84 Å². The number of aliphatic hydroxyl groups excluding tert-OH is 1. The van der Waals surface area contributed by atoms with Crippen LogP contribution in [0.15, 0.2) is 0 Å². The van der Waals surface area contributed by atoms with Gasteiger partial charge in [0.25, 0.3) is 0 Å². The van der Waals surface area contributed by atoms with Crippen LogP contribution in [0.25, 0.3) is 0 Å². The average molecular weight is 159 g/mol. The molecule has 0 amide bonds. The third-order valence-electron chi connectivity index (χ3n) is 2.08. The zero-order valence-electron chi connectivity index (χ0n) is 7.10. The van der Waals surface area contributed by atoms with E-state index in [1.807, 2.05) is 0 Å². The summed E-state index contributed by atoms with van der Waals surface area (Å²) in [6, 6.07) is 0. The van der Waals surface area contributed by atoms with Gasteiger partial charge >= 0.3 is 0 Å². The normalized spacial score (nSPS) is 21.3. The molecule has 0 aliphatic carbocycles. The number of rotatable bonds is 5. The fourth-order valence-corrected chi connectivity index (χ4v) is 1.17. The van der Waals surface area contributed by atoms with E-state index >= 15 is 0 Å². The minimum absolute atomic E-state index is 0.0369. The first-order valence-corrected chi connectivity index (χ1v) is 4.22. The number of nitrogens with one attached hydrogen (secondary N) is 1. The SMILES string of the molecule is CCCNCC1(CO)COC1. The monoisotopic (exact) mass is 159 g/mol. The van der Waals surface area contributed by atoms with Crippen LogP contribution in [0.2, 0.25) is 0 Å². The van der Waals surface area contributed by atoms with Crippen LogP contribution in [0.1, 0.15) is 13.3 Å². The van der Waals surface area contributed by atoms with Crippen molar-refractivity contribution in [2.24, 2.45) is 5.41 Å². The van der Waals surface area contributed by atoms with Gasteiger partial charge in [-0.2, -0.15) is 0 Å². The van der Waals surface area contributed by atoms with Crippen molar-refractivity contribution in [2.45, 2.75) is 13.3 Å². The smallest absolute Gasteiger partial charge is 0.0579 e. The lowest BCUT2D eigenvalue weighted by molar-refractivity contribution is -0.134. The highest BCUT2D eigenvalue weighted by Crippen LogP contribution is 2.25. The largest absolute Gasteiger partial charge is 0.396 e. The molecule has 1 rings (SSSR count). The van der Waals surface area contributed by atoms with E-state index in [2.05, 4.69) is 12.2 Å². The summed E-state index contributed by atoms with van der Waals surface area (Å²) in [4.78, 5) is 0. The summed E-state index contributed by atoms with van der Waals surface area (Å²) in [5.41, 5.74) is 0.0369. The molecule has 0 aromatic heterocycles. The summed E-state index contributed by atoms with van der Waals surface area (Å²) in [6.45, 7) is 5.71. The highest BCUT2D eigenvalue weighted by molar-refractivity contribution is 4.86. The molecule has 1 fully saturated rings. The van der Waals surface area contributed by atoms with Gasteiger partial charge < -0.3 is 15.2 Å². The van der Waals surface area contributed by atoms with Gasteiger partial charge in [0.05, 0.1) is 25.2 Å². The van der Waals surface area contributed by atoms with Crippen molar-refractivity contribution >= 4 is 0 Å². The van der Waals surface area contributed by atoms with Crippen LogP contribution in [0, 0.1) is 5.41 Å². The standard InChI is InChI=1S/C8H17NO2/c1-2-3-9-4-8(5-10)6-11-7-8/h9-10H,2-7H2,1H3. The predicted octanol–water partition coefficient (Wildman–Crippen LogP) is -0.00510. The van der Waals surface area contributed by atoms with E-state index in [1.165, 1.54) is 0 Å². The molecule has 0 unspecified atom stereocenters. The molecule has 0 atom stereocenters. The quantitative estimate of drug-likeness (QED) is 0.555. The third-order valence-corrected chi connectivity index (χ3v) is 2.08. The van der Waals surface area contributed by atoms with E-state index in [1.54, 1.807) is 0 Å². The summed E-state index contributed by atoms with van der Waals surface area (Å²) in [5, 5.41) is 12.3. The maximum absolute atomic E-state index is 9.02. The van der Waals surface area contributed by atoms with E-state index in [0.717, 1.165) is 19.5 Å². The zero-order chi connectivity index (χ0) is 8.16. The van der Waals surface area contributed by atoms with Crippen molar-refractivity contribution in [1.29, 1.82) is 0 Å². The van der Waals surface area contributed by atoms with E-state index in [-0.39, 0.29) is 12.0 Å². The van der Waals surface area contributed by atoms with Gasteiger partial charge in [0.1, 0.15) is 0 Å². The molecule has 11 heavy (non-hydrogen) atoms. The van der Waals surface area contributed by atoms with Gasteiger partial charge in [0.15, 0.2) is 0 Å². The van der Waals surface area contributed by atoms with Gasteiger partial charge in [-0.3, -0.25) is 0 Å². The topological polar surface area (TPSA) is 41.5 Å². The zero-order valence-corrected chi connectivity index (χ0v) is 7.10. The fraction of sp³-hybridized carbons (Fsp3) is 1.00. The molecule has 0 spiro atoms. The van der Waals surface area contributed by atoms with Crippen molar-refractivity contribution in [3.8, 4) is 0 Å². The fourth-order valence-electron chi connectivity index (χ4n) is 1.17. The Morgan fingerprint density at radius 1 is 1.55 bits per heavy atom. The van der Waals surface area contributed by atoms with Crippen molar-refractivity contribution in [1.82, 2.24) is 5.32 Å². The van der Waals surface area contributed by atoms with Crippen LogP contribution in [0.4, 0.5) is 0 Å². The van der Waals surface area contributed by atoms with Gasteiger partial charge in [-0.15, -0.1) is 0 Å². The Balaban J connectivity index is 2.11. The molecule has 0 saturated carbocycles. The first-order chi connectivity index (χ1) is 5.33. The molecule has 0 aromatic rings. The molecule has 0 aromatic carbocycles. The van der Waals surface area contributed by atoms with Crippen LogP contribution in [-0.2, 0) is 4.74 Å². The summed E-state index contributed by atoms with van der Waals surface area (Å²) >= 11 is 0. The lowest BCUT2D eigenvalue weighted by Gasteiger charge is -2.40. The summed E-state index contributed by atoms with van der Waals surface area (Å²) in [5.74, 6) is 0. The highest BCUT2D eigenvalue weighted by Gasteiger charge is 2.37. The van der Waals surface area contributed by atoms with E-state index in [0.29, 0.717) is 13.2 Å². The first kappa shape index (κ1) is 8.97. The molecule has 3 heteroatoms. The molecule has 1 aliphatic heterocycles. The Kier molecular flexibility index (Phi) is 3.30. The van der Waals surface area contributed by atoms with Crippen LogP contribution in [-0.4, -0.2) is 38.0 Å². The number of aliphatic hydroxyl groups is 1. The Morgan fingerprint density at radius 2 is 2.27 bits per heavy atom. The Bertz CT molecular complexity index is 107. The Morgan fingerprint density at radius 3 is 2.64 bits per heavy atom. The lowest BCUT2D eigenvalue weighted by atomic mass is 9.87.